The van der Waals surface area contributed by atoms with E-state index < -0.39 is 0 Å². The Morgan fingerprint density at radius 2 is 1.66 bits per heavy atom. The SMILES string of the molecule is Cc1sc2nc(SCC(=O)Nc3ccc(Cl)cc3)n(-c3ccccc3)c(=O)c2c1-c1ccccc1. The number of nitrogens with one attached hydrogen (secondary N) is 1. The van der Waals surface area contributed by atoms with E-state index in [-0.39, 0.29) is 17.2 Å². The average molecular weight is 518 g/mol. The molecule has 1 amide bonds. The van der Waals surface area contributed by atoms with Crippen LogP contribution < -0.4 is 10.9 Å². The molecule has 3 aromatic carbocycles. The van der Waals surface area contributed by atoms with Crippen LogP contribution in [-0.2, 0) is 4.79 Å². The fourth-order valence-electron chi connectivity index (χ4n) is 3.86. The summed E-state index contributed by atoms with van der Waals surface area (Å²) < 4.78 is 1.60. The Morgan fingerprint density at radius 1 is 1.00 bits per heavy atom. The zero-order valence-corrected chi connectivity index (χ0v) is 21.1. The number of aryl methyl sites for hydroxylation is 1. The maximum Gasteiger partial charge on any atom is 0.268 e. The standard InChI is InChI=1S/C27H20ClN3O2S2/c1-17-23(18-8-4-2-5-9-18)24-25(35-17)30-27(31(26(24)33)21-10-6-3-7-11-21)34-16-22(32)29-20-14-12-19(28)13-15-20/h2-15H,16H2,1H3,(H,29,32). The molecule has 0 fully saturated rings. The predicted octanol–water partition coefficient (Wildman–Crippen LogP) is 6.81. The summed E-state index contributed by atoms with van der Waals surface area (Å²) in [6, 6.07) is 26.2. The molecule has 0 aliphatic carbocycles. The second-order valence-corrected chi connectivity index (χ2v) is 10.4. The molecule has 0 saturated heterocycles. The fourth-order valence-corrected chi connectivity index (χ4v) is 5.88. The molecule has 0 aliphatic heterocycles. The van der Waals surface area contributed by atoms with E-state index in [0.29, 0.717) is 31.8 Å². The lowest BCUT2D eigenvalue weighted by Crippen LogP contribution is -2.22. The number of thiophene rings is 1. The topological polar surface area (TPSA) is 64.0 Å². The lowest BCUT2D eigenvalue weighted by molar-refractivity contribution is -0.113. The average Bonchev–Trinajstić information content (AvgIpc) is 3.21. The molecule has 0 unspecified atom stereocenters. The van der Waals surface area contributed by atoms with Gasteiger partial charge in [0.2, 0.25) is 5.91 Å². The Morgan fingerprint density at radius 3 is 2.34 bits per heavy atom. The van der Waals surface area contributed by atoms with E-state index in [4.69, 9.17) is 16.6 Å². The zero-order chi connectivity index (χ0) is 24.4. The number of hydrogen-bond acceptors (Lipinski definition) is 5. The Hall–Kier alpha value is -3.39. The van der Waals surface area contributed by atoms with Gasteiger partial charge in [-0.15, -0.1) is 11.3 Å². The summed E-state index contributed by atoms with van der Waals surface area (Å²) in [7, 11) is 0. The number of benzene rings is 3. The number of thioether (sulfide) groups is 1. The van der Waals surface area contributed by atoms with Gasteiger partial charge in [-0.2, -0.15) is 0 Å². The third-order valence-corrected chi connectivity index (χ3v) is 7.60. The van der Waals surface area contributed by atoms with Crippen molar-refractivity contribution >= 4 is 56.5 Å². The van der Waals surface area contributed by atoms with Crippen LogP contribution in [0.4, 0.5) is 5.69 Å². The first kappa shape index (κ1) is 23.4. The van der Waals surface area contributed by atoms with E-state index >= 15 is 0 Å². The highest BCUT2D eigenvalue weighted by atomic mass is 35.5. The molecule has 2 aromatic heterocycles. The molecule has 0 atom stereocenters. The van der Waals surface area contributed by atoms with Crippen LogP contribution >= 0.6 is 34.7 Å². The molecule has 0 aliphatic rings. The van der Waals surface area contributed by atoms with E-state index in [1.807, 2.05) is 67.6 Å². The largest absolute Gasteiger partial charge is 0.325 e. The minimum Gasteiger partial charge on any atom is -0.325 e. The number of anilines is 1. The summed E-state index contributed by atoms with van der Waals surface area (Å²) in [5.74, 6) is -0.0952. The molecule has 5 rings (SSSR count). The van der Waals surface area contributed by atoms with Crippen molar-refractivity contribution in [1.82, 2.24) is 9.55 Å². The normalized spacial score (nSPS) is 11.0. The lowest BCUT2D eigenvalue weighted by Gasteiger charge is -2.13. The minimum absolute atomic E-state index is 0.101. The molecular formula is C27H20ClN3O2S2. The quantitative estimate of drug-likeness (QED) is 0.198. The number of nitrogens with zero attached hydrogens (tertiary/aromatic N) is 2. The number of para-hydroxylation sites is 1. The second kappa shape index (κ2) is 10.1. The first-order valence-corrected chi connectivity index (χ1v) is 13.0. The van der Waals surface area contributed by atoms with Crippen LogP contribution in [0.5, 0.6) is 0 Å². The number of aromatic nitrogens is 2. The van der Waals surface area contributed by atoms with Crippen molar-refractivity contribution in [2.75, 3.05) is 11.1 Å². The van der Waals surface area contributed by atoms with Crippen LogP contribution in [0.1, 0.15) is 4.88 Å². The molecule has 0 saturated carbocycles. The van der Waals surface area contributed by atoms with Crippen LogP contribution in [0, 0.1) is 6.92 Å². The van der Waals surface area contributed by atoms with Gasteiger partial charge in [-0.25, -0.2) is 4.98 Å². The lowest BCUT2D eigenvalue weighted by atomic mass is 10.0. The maximum absolute atomic E-state index is 13.9. The monoisotopic (exact) mass is 517 g/mol. The van der Waals surface area contributed by atoms with Crippen molar-refractivity contribution in [2.24, 2.45) is 0 Å². The maximum atomic E-state index is 13.9. The molecule has 1 N–H and O–H groups in total. The van der Waals surface area contributed by atoms with Crippen molar-refractivity contribution in [1.29, 1.82) is 0 Å². The van der Waals surface area contributed by atoms with Gasteiger partial charge in [0.1, 0.15) is 4.83 Å². The number of halogens is 1. The molecule has 35 heavy (non-hydrogen) atoms. The third-order valence-electron chi connectivity index (χ3n) is 5.41. The number of carbonyl (C=O) groups is 1. The summed E-state index contributed by atoms with van der Waals surface area (Å²) in [5, 5.41) is 4.52. The van der Waals surface area contributed by atoms with E-state index in [9.17, 15) is 9.59 Å². The van der Waals surface area contributed by atoms with Crippen molar-refractivity contribution in [2.45, 2.75) is 12.1 Å². The summed E-state index contributed by atoms with van der Waals surface area (Å²) in [6.07, 6.45) is 0. The van der Waals surface area contributed by atoms with Crippen LogP contribution in [0.2, 0.25) is 5.02 Å². The van der Waals surface area contributed by atoms with Gasteiger partial charge < -0.3 is 5.32 Å². The van der Waals surface area contributed by atoms with Crippen LogP contribution in [0.15, 0.2) is 94.9 Å². The summed E-state index contributed by atoms with van der Waals surface area (Å²) in [4.78, 5) is 33.1. The molecular weight excluding hydrogens is 498 g/mol. The van der Waals surface area contributed by atoms with Crippen molar-refractivity contribution in [3.63, 3.8) is 0 Å². The fraction of sp³-hybridized carbons (Fsp3) is 0.0741. The van der Waals surface area contributed by atoms with E-state index in [1.165, 1.54) is 23.1 Å². The van der Waals surface area contributed by atoms with E-state index in [0.717, 1.165) is 16.0 Å². The first-order chi connectivity index (χ1) is 17.0. The zero-order valence-electron chi connectivity index (χ0n) is 18.7. The third kappa shape index (κ3) is 4.89. The molecule has 8 heteroatoms. The van der Waals surface area contributed by atoms with Gasteiger partial charge >= 0.3 is 0 Å². The van der Waals surface area contributed by atoms with E-state index in [1.54, 1.807) is 28.8 Å². The number of rotatable bonds is 6. The van der Waals surface area contributed by atoms with Gasteiger partial charge in [-0.1, -0.05) is 71.9 Å². The van der Waals surface area contributed by atoms with Crippen molar-refractivity contribution < 1.29 is 4.79 Å². The predicted molar refractivity (Wildman–Crippen MR) is 146 cm³/mol. The Balaban J connectivity index is 1.56. The smallest absolute Gasteiger partial charge is 0.268 e. The van der Waals surface area contributed by atoms with Crippen molar-refractivity contribution in [3.8, 4) is 16.8 Å². The van der Waals surface area contributed by atoms with Gasteiger partial charge in [-0.05, 0) is 48.9 Å². The first-order valence-electron chi connectivity index (χ1n) is 10.9. The number of fused-ring (bicyclic) bond motifs is 1. The van der Waals surface area contributed by atoms with Crippen LogP contribution in [0.3, 0.4) is 0 Å². The molecule has 0 spiro atoms. The molecule has 5 aromatic rings. The van der Waals surface area contributed by atoms with Gasteiger partial charge in [0.05, 0.1) is 16.8 Å². The highest BCUT2D eigenvalue weighted by Gasteiger charge is 2.21. The second-order valence-electron chi connectivity index (χ2n) is 7.79. The highest BCUT2D eigenvalue weighted by Crippen LogP contribution is 2.37. The van der Waals surface area contributed by atoms with Crippen LogP contribution in [-0.4, -0.2) is 21.2 Å². The molecule has 0 bridgehead atoms. The number of amides is 1. The molecule has 5 nitrogen and oxygen atoms in total. The number of carbonyl (C=O) groups excluding carboxylic acids is 1. The van der Waals surface area contributed by atoms with Gasteiger partial charge in [0.15, 0.2) is 5.16 Å². The molecule has 2 heterocycles. The Labute approximate surface area is 215 Å². The van der Waals surface area contributed by atoms with Crippen LogP contribution in [0.25, 0.3) is 27.0 Å². The summed E-state index contributed by atoms with van der Waals surface area (Å²) in [5.41, 5.74) is 3.10. The van der Waals surface area contributed by atoms with E-state index in [2.05, 4.69) is 5.32 Å². The van der Waals surface area contributed by atoms with Crippen molar-refractivity contribution in [3.05, 3.63) is 105 Å². The van der Waals surface area contributed by atoms with Gasteiger partial charge in [-0.3, -0.25) is 14.2 Å². The summed E-state index contributed by atoms with van der Waals surface area (Å²) >= 11 is 8.65. The Kier molecular flexibility index (Phi) is 6.72. The minimum atomic E-state index is -0.196. The molecule has 0 radical (unpaired) electrons. The number of hydrogen-bond donors (Lipinski definition) is 1. The van der Waals surface area contributed by atoms with Gasteiger partial charge in [0.25, 0.3) is 5.56 Å². The molecule has 174 valence electrons. The van der Waals surface area contributed by atoms with Gasteiger partial charge in [0, 0.05) is 21.2 Å². The highest BCUT2D eigenvalue weighted by molar-refractivity contribution is 7.99. The Bertz CT molecular complexity index is 1560. The summed E-state index contributed by atoms with van der Waals surface area (Å²) in [6.45, 7) is 2.01.